The molecule has 0 spiro atoms. The molecular weight excluding hydrogens is 314 g/mol. The number of hydrogen-bond acceptors (Lipinski definition) is 3. The SMILES string of the molecule is Cn1cc(C(=O)NCC(c2ccco2)N2CCCC2)c2ccccc21. The number of carbonyl (C=O) groups is 1. The number of aryl methyl sites for hydroxylation is 1. The highest BCUT2D eigenvalue weighted by Crippen LogP contribution is 2.25. The second kappa shape index (κ2) is 6.76. The first kappa shape index (κ1) is 16.0. The molecule has 3 aromatic rings. The van der Waals surface area contributed by atoms with E-state index in [2.05, 4.69) is 10.2 Å². The van der Waals surface area contributed by atoms with Crippen molar-refractivity contribution in [1.82, 2.24) is 14.8 Å². The standard InChI is InChI=1S/C20H23N3O2/c1-22-14-16(15-7-2-3-8-17(15)22)20(24)21-13-18(19-9-6-12-25-19)23-10-4-5-11-23/h2-3,6-9,12,14,18H,4-5,10-11,13H2,1H3,(H,21,24). The highest BCUT2D eigenvalue weighted by Gasteiger charge is 2.26. The Morgan fingerprint density at radius 1 is 1.20 bits per heavy atom. The molecule has 0 aliphatic carbocycles. The van der Waals surface area contributed by atoms with Gasteiger partial charge in [-0.1, -0.05) is 18.2 Å². The van der Waals surface area contributed by atoms with Crippen molar-refractivity contribution >= 4 is 16.8 Å². The predicted molar refractivity (Wildman–Crippen MR) is 97.5 cm³/mol. The summed E-state index contributed by atoms with van der Waals surface area (Å²) < 4.78 is 7.62. The van der Waals surface area contributed by atoms with E-state index in [0.29, 0.717) is 6.54 Å². The molecule has 1 aliphatic heterocycles. The first-order valence-corrected chi connectivity index (χ1v) is 8.84. The number of carbonyl (C=O) groups excluding carboxylic acids is 1. The average Bonchev–Trinajstić information content (AvgIpc) is 3.37. The van der Waals surface area contributed by atoms with Crippen molar-refractivity contribution in [3.05, 3.63) is 60.2 Å². The molecule has 2 aromatic heterocycles. The fraction of sp³-hybridized carbons (Fsp3) is 0.350. The predicted octanol–water partition coefficient (Wildman–Crippen LogP) is 3.34. The fourth-order valence-electron chi connectivity index (χ4n) is 3.75. The number of furan rings is 1. The molecule has 1 saturated heterocycles. The van der Waals surface area contributed by atoms with Crippen LogP contribution in [0, 0.1) is 0 Å². The maximum atomic E-state index is 12.8. The second-order valence-electron chi connectivity index (χ2n) is 6.66. The van der Waals surface area contributed by atoms with Gasteiger partial charge in [-0.2, -0.15) is 0 Å². The summed E-state index contributed by atoms with van der Waals surface area (Å²) in [4.78, 5) is 15.2. The van der Waals surface area contributed by atoms with Gasteiger partial charge in [0.05, 0.1) is 17.9 Å². The van der Waals surface area contributed by atoms with E-state index in [-0.39, 0.29) is 11.9 Å². The Morgan fingerprint density at radius 2 is 2.00 bits per heavy atom. The molecular formula is C20H23N3O2. The lowest BCUT2D eigenvalue weighted by molar-refractivity contribution is 0.0935. The Hall–Kier alpha value is -2.53. The van der Waals surface area contributed by atoms with E-state index >= 15 is 0 Å². The lowest BCUT2D eigenvalue weighted by Crippen LogP contribution is -2.36. The molecule has 130 valence electrons. The highest BCUT2D eigenvalue weighted by atomic mass is 16.3. The van der Waals surface area contributed by atoms with Crippen LogP contribution in [0.2, 0.25) is 0 Å². The third-order valence-corrected chi connectivity index (χ3v) is 5.05. The maximum absolute atomic E-state index is 12.8. The zero-order valence-electron chi connectivity index (χ0n) is 14.4. The molecule has 25 heavy (non-hydrogen) atoms. The van der Waals surface area contributed by atoms with Gasteiger partial charge in [-0.3, -0.25) is 9.69 Å². The molecule has 3 heterocycles. The van der Waals surface area contributed by atoms with Gasteiger partial charge in [-0.15, -0.1) is 0 Å². The van der Waals surface area contributed by atoms with Crippen LogP contribution >= 0.6 is 0 Å². The third kappa shape index (κ3) is 3.07. The molecule has 1 aliphatic rings. The first-order valence-electron chi connectivity index (χ1n) is 8.84. The first-order chi connectivity index (χ1) is 12.2. The van der Waals surface area contributed by atoms with Crippen LogP contribution in [-0.4, -0.2) is 35.0 Å². The number of amides is 1. The van der Waals surface area contributed by atoms with Crippen LogP contribution in [0.25, 0.3) is 10.9 Å². The van der Waals surface area contributed by atoms with E-state index in [1.165, 1.54) is 12.8 Å². The van der Waals surface area contributed by atoms with Crippen molar-refractivity contribution in [3.63, 3.8) is 0 Å². The van der Waals surface area contributed by atoms with Crippen LogP contribution in [-0.2, 0) is 7.05 Å². The quantitative estimate of drug-likeness (QED) is 0.777. The van der Waals surface area contributed by atoms with E-state index < -0.39 is 0 Å². The second-order valence-corrected chi connectivity index (χ2v) is 6.66. The maximum Gasteiger partial charge on any atom is 0.253 e. The van der Waals surface area contributed by atoms with E-state index in [4.69, 9.17) is 4.42 Å². The van der Waals surface area contributed by atoms with Crippen molar-refractivity contribution in [2.75, 3.05) is 19.6 Å². The van der Waals surface area contributed by atoms with Crippen molar-refractivity contribution < 1.29 is 9.21 Å². The third-order valence-electron chi connectivity index (χ3n) is 5.05. The summed E-state index contributed by atoms with van der Waals surface area (Å²) in [6.45, 7) is 2.65. The zero-order chi connectivity index (χ0) is 17.2. The molecule has 5 heteroatoms. The molecule has 0 saturated carbocycles. The van der Waals surface area contributed by atoms with E-state index in [9.17, 15) is 4.79 Å². The van der Waals surface area contributed by atoms with Crippen molar-refractivity contribution in [1.29, 1.82) is 0 Å². The number of nitrogens with one attached hydrogen (secondary N) is 1. The van der Waals surface area contributed by atoms with Crippen LogP contribution in [0.1, 0.15) is 35.0 Å². The van der Waals surface area contributed by atoms with Crippen LogP contribution in [0.3, 0.4) is 0 Å². The Bertz CT molecular complexity index is 860. The number of benzene rings is 1. The molecule has 1 aromatic carbocycles. The van der Waals surface area contributed by atoms with Crippen molar-refractivity contribution in [3.8, 4) is 0 Å². The van der Waals surface area contributed by atoms with Crippen LogP contribution in [0.4, 0.5) is 0 Å². The number of likely N-dealkylation sites (tertiary alicyclic amines) is 1. The summed E-state index contributed by atoms with van der Waals surface area (Å²) in [7, 11) is 1.97. The van der Waals surface area contributed by atoms with Crippen molar-refractivity contribution in [2.45, 2.75) is 18.9 Å². The molecule has 0 bridgehead atoms. The summed E-state index contributed by atoms with van der Waals surface area (Å²) in [5, 5.41) is 4.10. The number of rotatable bonds is 5. The van der Waals surface area contributed by atoms with Gasteiger partial charge in [0.25, 0.3) is 5.91 Å². The van der Waals surface area contributed by atoms with Gasteiger partial charge in [0.15, 0.2) is 0 Å². The molecule has 1 amide bonds. The number of fused-ring (bicyclic) bond motifs is 1. The summed E-state index contributed by atoms with van der Waals surface area (Å²) >= 11 is 0. The number of aromatic nitrogens is 1. The minimum absolute atomic E-state index is 0.0347. The molecule has 1 N–H and O–H groups in total. The lowest BCUT2D eigenvalue weighted by Gasteiger charge is -2.25. The van der Waals surface area contributed by atoms with Crippen LogP contribution in [0.5, 0.6) is 0 Å². The lowest BCUT2D eigenvalue weighted by atomic mass is 10.1. The van der Waals surface area contributed by atoms with Crippen LogP contribution in [0.15, 0.2) is 53.3 Å². The fourth-order valence-corrected chi connectivity index (χ4v) is 3.75. The Balaban J connectivity index is 1.53. The monoisotopic (exact) mass is 337 g/mol. The van der Waals surface area contributed by atoms with Crippen LogP contribution < -0.4 is 5.32 Å². The van der Waals surface area contributed by atoms with Gasteiger partial charge in [-0.05, 0) is 44.1 Å². The van der Waals surface area contributed by atoms with Gasteiger partial charge in [0.1, 0.15) is 5.76 Å². The molecule has 4 rings (SSSR count). The number of nitrogens with zero attached hydrogens (tertiary/aromatic N) is 2. The van der Waals surface area contributed by atoms with Gasteiger partial charge in [-0.25, -0.2) is 0 Å². The minimum Gasteiger partial charge on any atom is -0.468 e. The molecule has 1 fully saturated rings. The molecule has 1 atom stereocenters. The zero-order valence-corrected chi connectivity index (χ0v) is 14.4. The average molecular weight is 337 g/mol. The Kier molecular flexibility index (Phi) is 4.32. The molecule has 0 radical (unpaired) electrons. The summed E-state index contributed by atoms with van der Waals surface area (Å²) in [5.74, 6) is 0.882. The van der Waals surface area contributed by atoms with Gasteiger partial charge in [0, 0.05) is 30.7 Å². The summed E-state index contributed by atoms with van der Waals surface area (Å²) in [5.41, 5.74) is 1.78. The Morgan fingerprint density at radius 3 is 2.76 bits per heavy atom. The smallest absolute Gasteiger partial charge is 0.253 e. The summed E-state index contributed by atoms with van der Waals surface area (Å²) in [6, 6.07) is 12.0. The van der Waals surface area contributed by atoms with Gasteiger partial charge in [0.2, 0.25) is 0 Å². The van der Waals surface area contributed by atoms with Gasteiger partial charge >= 0.3 is 0 Å². The highest BCUT2D eigenvalue weighted by molar-refractivity contribution is 6.06. The van der Waals surface area contributed by atoms with E-state index in [1.54, 1.807) is 6.26 Å². The largest absolute Gasteiger partial charge is 0.468 e. The van der Waals surface area contributed by atoms with E-state index in [0.717, 1.165) is 35.3 Å². The molecule has 1 unspecified atom stereocenters. The topological polar surface area (TPSA) is 50.4 Å². The van der Waals surface area contributed by atoms with E-state index in [1.807, 2.05) is 54.2 Å². The molecule has 5 nitrogen and oxygen atoms in total. The number of para-hydroxylation sites is 1. The van der Waals surface area contributed by atoms with Crippen molar-refractivity contribution in [2.24, 2.45) is 7.05 Å². The normalized spacial score (nSPS) is 16.4. The number of hydrogen-bond donors (Lipinski definition) is 1. The minimum atomic E-state index is -0.0347. The summed E-state index contributed by atoms with van der Waals surface area (Å²) in [6.07, 6.45) is 6.01. The van der Waals surface area contributed by atoms with Gasteiger partial charge < -0.3 is 14.3 Å². The Labute approximate surface area is 147 Å².